The summed E-state index contributed by atoms with van der Waals surface area (Å²) in [5.74, 6) is 5.79. The molecule has 0 bridgehead atoms. The van der Waals surface area contributed by atoms with Crippen molar-refractivity contribution >= 4 is 28.2 Å². The van der Waals surface area contributed by atoms with Gasteiger partial charge in [0.15, 0.2) is 0 Å². The molecule has 39 heavy (non-hydrogen) atoms. The van der Waals surface area contributed by atoms with Crippen LogP contribution in [0.3, 0.4) is 0 Å². The average Bonchev–Trinajstić information content (AvgIpc) is 3.30. The number of carbonyl (C=O) groups is 1. The Bertz CT molecular complexity index is 1380. The maximum Gasteiger partial charge on any atom is 0.288 e. The maximum atomic E-state index is 14.8. The van der Waals surface area contributed by atoms with Gasteiger partial charge < -0.3 is 25.6 Å². The summed E-state index contributed by atoms with van der Waals surface area (Å²) in [6, 6.07) is 10.8. The van der Waals surface area contributed by atoms with E-state index in [1.807, 2.05) is 11.9 Å². The van der Waals surface area contributed by atoms with E-state index in [9.17, 15) is 22.4 Å². The van der Waals surface area contributed by atoms with Crippen molar-refractivity contribution in [3.63, 3.8) is 0 Å². The molecule has 0 spiro atoms. The molecule has 11 heteroatoms. The molecule has 1 aliphatic heterocycles. The Kier molecular flexibility index (Phi) is 8.86. The van der Waals surface area contributed by atoms with Crippen LogP contribution in [0.15, 0.2) is 42.5 Å². The molecule has 0 saturated carbocycles. The highest BCUT2D eigenvalue weighted by Gasteiger charge is 2.29. The first kappa shape index (κ1) is 28.1. The van der Waals surface area contributed by atoms with E-state index in [-0.39, 0.29) is 30.2 Å². The molecule has 3 unspecified atom stereocenters. The second-order valence-corrected chi connectivity index (χ2v) is 9.31. The van der Waals surface area contributed by atoms with Crippen LogP contribution in [0.2, 0.25) is 0 Å². The fourth-order valence-electron chi connectivity index (χ4n) is 4.67. The number of hydrogen-bond acceptors (Lipinski definition) is 5. The summed E-state index contributed by atoms with van der Waals surface area (Å²) in [5, 5.41) is 9.27. The molecule has 1 fully saturated rings. The van der Waals surface area contributed by atoms with Crippen LogP contribution in [0.25, 0.3) is 10.9 Å². The Labute approximate surface area is 224 Å². The van der Waals surface area contributed by atoms with Crippen LogP contribution in [0.4, 0.5) is 28.9 Å². The number of nitrogens with one attached hydrogen (secondary N) is 3. The van der Waals surface area contributed by atoms with Gasteiger partial charge in [0.2, 0.25) is 6.30 Å². The largest absolute Gasteiger partial charge is 0.495 e. The Hall–Kier alpha value is -3.91. The third-order valence-electron chi connectivity index (χ3n) is 6.70. The van der Waals surface area contributed by atoms with Crippen LogP contribution in [0.5, 0.6) is 5.75 Å². The fraction of sp³-hybridized carbons (Fsp3) is 0.393. The second-order valence-electron chi connectivity index (χ2n) is 9.31. The first-order valence-electron chi connectivity index (χ1n) is 12.5. The lowest BCUT2D eigenvalue weighted by Gasteiger charge is -2.33. The van der Waals surface area contributed by atoms with Crippen molar-refractivity contribution in [1.29, 1.82) is 0 Å². The normalized spacial score (nSPS) is 18.4. The van der Waals surface area contributed by atoms with Gasteiger partial charge in [-0.3, -0.25) is 9.36 Å². The summed E-state index contributed by atoms with van der Waals surface area (Å²) in [6.07, 6.45) is -6.40. The van der Waals surface area contributed by atoms with Gasteiger partial charge >= 0.3 is 0 Å². The third kappa shape index (κ3) is 6.23. The number of likely N-dealkylation sites (tertiary alicyclic amines) is 1. The molecule has 0 aliphatic carbocycles. The number of aromatic nitrogens is 1. The van der Waals surface area contributed by atoms with Gasteiger partial charge in [-0.1, -0.05) is 12.0 Å². The van der Waals surface area contributed by atoms with Gasteiger partial charge in [-0.05, 0) is 55.8 Å². The Morgan fingerprint density at radius 1 is 1.18 bits per heavy atom. The number of rotatable bonds is 8. The molecular formula is C28H31F4N5O2. The van der Waals surface area contributed by atoms with Crippen molar-refractivity contribution in [1.82, 2.24) is 14.8 Å². The van der Waals surface area contributed by atoms with E-state index < -0.39 is 24.9 Å². The van der Waals surface area contributed by atoms with E-state index in [0.717, 1.165) is 11.1 Å². The summed E-state index contributed by atoms with van der Waals surface area (Å²) >= 11 is 0. The quantitative estimate of drug-likeness (QED) is 0.284. The zero-order chi connectivity index (χ0) is 28.1. The first-order valence-corrected chi connectivity index (χ1v) is 12.5. The van der Waals surface area contributed by atoms with Crippen LogP contribution in [-0.2, 0) is 0 Å². The molecule has 1 saturated heterocycles. The summed E-state index contributed by atoms with van der Waals surface area (Å²) in [5.41, 5.74) is 1.82. The van der Waals surface area contributed by atoms with Crippen molar-refractivity contribution in [2.75, 3.05) is 51.5 Å². The Morgan fingerprint density at radius 2 is 1.97 bits per heavy atom. The van der Waals surface area contributed by atoms with E-state index in [4.69, 9.17) is 4.74 Å². The number of halogens is 4. The molecule has 2 aromatic carbocycles. The van der Waals surface area contributed by atoms with Crippen molar-refractivity contribution in [3.8, 4) is 17.6 Å². The lowest BCUT2D eigenvalue weighted by Crippen LogP contribution is -2.46. The van der Waals surface area contributed by atoms with Gasteiger partial charge in [0.1, 0.15) is 11.9 Å². The molecule has 1 aliphatic rings. The van der Waals surface area contributed by atoms with Crippen LogP contribution in [0.1, 0.15) is 28.8 Å². The molecular weight excluding hydrogens is 514 g/mol. The number of alkyl halides is 4. The lowest BCUT2D eigenvalue weighted by molar-refractivity contribution is 0.0102. The minimum absolute atomic E-state index is 0.0657. The number of benzene rings is 2. The van der Waals surface area contributed by atoms with Gasteiger partial charge in [-0.25, -0.2) is 17.6 Å². The highest BCUT2D eigenvalue weighted by Crippen LogP contribution is 2.33. The molecule has 2 heterocycles. The van der Waals surface area contributed by atoms with Crippen LogP contribution < -0.4 is 20.7 Å². The van der Waals surface area contributed by atoms with E-state index in [0.29, 0.717) is 34.5 Å². The third-order valence-corrected chi connectivity index (χ3v) is 6.70. The van der Waals surface area contributed by atoms with Crippen molar-refractivity contribution in [2.24, 2.45) is 0 Å². The minimum Gasteiger partial charge on any atom is -0.495 e. The van der Waals surface area contributed by atoms with E-state index >= 15 is 0 Å². The first-order chi connectivity index (χ1) is 18.7. The number of ether oxygens (including phenoxy) is 1. The van der Waals surface area contributed by atoms with Gasteiger partial charge in [0.05, 0.1) is 36.6 Å². The predicted octanol–water partition coefficient (Wildman–Crippen LogP) is 4.66. The zero-order valence-electron chi connectivity index (χ0n) is 21.9. The van der Waals surface area contributed by atoms with E-state index in [2.05, 4.69) is 27.8 Å². The smallest absolute Gasteiger partial charge is 0.288 e. The highest BCUT2D eigenvalue weighted by atomic mass is 19.3. The summed E-state index contributed by atoms with van der Waals surface area (Å²) in [6.45, 7) is 1.10. The lowest BCUT2D eigenvalue weighted by atomic mass is 10.0. The number of methoxy groups -OCH3 is 1. The highest BCUT2D eigenvalue weighted by molar-refractivity contribution is 5.95. The second kappa shape index (κ2) is 12.3. The van der Waals surface area contributed by atoms with Crippen LogP contribution in [-0.4, -0.2) is 74.9 Å². The van der Waals surface area contributed by atoms with Crippen LogP contribution in [0, 0.1) is 11.8 Å². The number of hydrogen-bond donors (Lipinski definition) is 3. The number of carbonyl (C=O) groups excluding carboxylic acids is 1. The number of piperidine rings is 1. The molecule has 7 nitrogen and oxygen atoms in total. The number of nitrogens with zero attached hydrogens (tertiary/aromatic N) is 2. The Balaban J connectivity index is 1.60. The van der Waals surface area contributed by atoms with Crippen molar-refractivity contribution in [3.05, 3.63) is 53.7 Å². The molecule has 3 aromatic rings. The minimum atomic E-state index is -3.26. The molecule has 4 rings (SSSR count). The monoisotopic (exact) mass is 545 g/mol. The van der Waals surface area contributed by atoms with Crippen LogP contribution >= 0.6 is 0 Å². The topological polar surface area (TPSA) is 70.6 Å². The Morgan fingerprint density at radius 3 is 2.67 bits per heavy atom. The molecule has 3 atom stereocenters. The molecule has 1 aromatic heterocycles. The standard InChI is InChI=1S/C28H31F4N5O2/c1-33-28(38)17-9-10-23(25(14-17)39-3)34-12-5-6-18-15-19-21(35-22-11-13-36(2)16-20(22)29)7-4-8-24(19)37(18)27(32)26(30)31/h4,7-10,14-15,20,22,26-27,34-35H,11-13,16H2,1-3H3,(H,33,38). The number of anilines is 2. The number of amides is 1. The zero-order valence-corrected chi connectivity index (χ0v) is 21.9. The predicted molar refractivity (Wildman–Crippen MR) is 144 cm³/mol. The average molecular weight is 546 g/mol. The number of fused-ring (bicyclic) bond motifs is 1. The van der Waals surface area contributed by atoms with E-state index in [1.54, 1.807) is 42.5 Å². The molecule has 208 valence electrons. The molecule has 3 N–H and O–H groups in total. The van der Waals surface area contributed by atoms with Gasteiger partial charge in [0, 0.05) is 36.8 Å². The van der Waals surface area contributed by atoms with E-state index in [1.165, 1.54) is 14.2 Å². The van der Waals surface area contributed by atoms with Crippen molar-refractivity contribution < 1.29 is 27.1 Å². The van der Waals surface area contributed by atoms with Gasteiger partial charge in [0.25, 0.3) is 12.3 Å². The fourth-order valence-corrected chi connectivity index (χ4v) is 4.67. The SMILES string of the molecule is CNC(=O)c1ccc(NCC#Cc2cc3c(NC4CCN(C)CC4F)cccc3n2C(F)C(F)F)c(OC)c1. The summed E-state index contributed by atoms with van der Waals surface area (Å²) in [7, 11) is 4.84. The van der Waals surface area contributed by atoms with Gasteiger partial charge in [-0.2, -0.15) is 0 Å². The maximum absolute atomic E-state index is 14.8. The molecule has 0 radical (unpaired) electrons. The molecule has 1 amide bonds. The summed E-state index contributed by atoms with van der Waals surface area (Å²) < 4.78 is 62.6. The summed E-state index contributed by atoms with van der Waals surface area (Å²) in [4.78, 5) is 13.8. The van der Waals surface area contributed by atoms with Gasteiger partial charge in [-0.15, -0.1) is 0 Å². The van der Waals surface area contributed by atoms with Crippen molar-refractivity contribution in [2.45, 2.75) is 31.4 Å².